The monoisotopic (exact) mass is 581 g/mol. The molecule has 0 spiro atoms. The highest BCUT2D eigenvalue weighted by atomic mass is 35.5. The summed E-state index contributed by atoms with van der Waals surface area (Å²) in [6.07, 6.45) is -1.15. The lowest BCUT2D eigenvalue weighted by Crippen LogP contribution is -2.57. The number of esters is 1. The Bertz CT molecular complexity index is 1450. The summed E-state index contributed by atoms with van der Waals surface area (Å²) < 4.78 is 5.43. The van der Waals surface area contributed by atoms with Gasteiger partial charge in [0.25, 0.3) is 0 Å². The number of ketones is 1. The number of hydrogen-bond donors (Lipinski definition) is 0. The van der Waals surface area contributed by atoms with Crippen LogP contribution in [0.5, 0.6) is 0 Å². The summed E-state index contributed by atoms with van der Waals surface area (Å²) in [5.74, 6) is -4.59. The van der Waals surface area contributed by atoms with Crippen LogP contribution in [0.4, 0.5) is 0 Å². The van der Waals surface area contributed by atoms with Gasteiger partial charge in [0.2, 0.25) is 17.6 Å². The van der Waals surface area contributed by atoms with E-state index in [0.29, 0.717) is 32.8 Å². The van der Waals surface area contributed by atoms with Crippen molar-refractivity contribution in [1.82, 2.24) is 4.90 Å². The molecule has 1 saturated heterocycles. The fourth-order valence-electron chi connectivity index (χ4n) is 6.35. The number of amides is 2. The van der Waals surface area contributed by atoms with Gasteiger partial charge >= 0.3 is 5.97 Å². The highest BCUT2D eigenvalue weighted by Crippen LogP contribution is 2.69. The predicted octanol–water partition coefficient (Wildman–Crippen LogP) is 5.44. The molecule has 4 atom stereocenters. The zero-order valence-corrected chi connectivity index (χ0v) is 23.1. The number of rotatable bonds is 5. The summed E-state index contributed by atoms with van der Waals surface area (Å²) in [5, 5.41) is 0.463. The zero-order valence-electron chi connectivity index (χ0n) is 20.9. The van der Waals surface area contributed by atoms with Crippen LogP contribution in [-0.2, 0) is 28.9 Å². The van der Waals surface area contributed by atoms with E-state index < -0.39 is 57.3 Å². The van der Waals surface area contributed by atoms with E-state index in [2.05, 4.69) is 0 Å². The van der Waals surface area contributed by atoms with E-state index in [1.807, 2.05) is 48.5 Å². The lowest BCUT2D eigenvalue weighted by Gasteiger charge is -2.54. The maximum Gasteiger partial charge on any atom is 0.329 e. The van der Waals surface area contributed by atoms with Gasteiger partial charge in [-0.3, -0.25) is 19.3 Å². The lowest BCUT2D eigenvalue weighted by molar-refractivity contribution is -0.159. The molecule has 3 aromatic rings. The summed E-state index contributed by atoms with van der Waals surface area (Å²) in [4.78, 5) is 52.2. The summed E-state index contributed by atoms with van der Waals surface area (Å²) >= 11 is 20.7. The van der Waals surface area contributed by atoms with Gasteiger partial charge in [0, 0.05) is 10.6 Å². The van der Waals surface area contributed by atoms with Crippen LogP contribution in [0.25, 0.3) is 0 Å². The number of likely N-dealkylation sites (tertiary alicyclic amines) is 1. The van der Waals surface area contributed by atoms with Crippen molar-refractivity contribution in [3.63, 3.8) is 0 Å². The van der Waals surface area contributed by atoms with Crippen molar-refractivity contribution in [3.8, 4) is 0 Å². The first kappa shape index (κ1) is 26.1. The molecule has 0 unspecified atom stereocenters. The Balaban J connectivity index is 1.34. The number of hydrogen-bond acceptors (Lipinski definition) is 5. The molecule has 9 heteroatoms. The van der Waals surface area contributed by atoms with Gasteiger partial charge in [0.15, 0.2) is 6.10 Å². The Kier molecular flexibility index (Phi) is 5.96. The van der Waals surface area contributed by atoms with Crippen molar-refractivity contribution < 1.29 is 23.9 Å². The highest BCUT2D eigenvalue weighted by Gasteiger charge is 2.73. The zero-order chi connectivity index (χ0) is 27.9. The quantitative estimate of drug-likeness (QED) is 0.173. The van der Waals surface area contributed by atoms with Gasteiger partial charge in [0.05, 0.1) is 11.8 Å². The molecule has 39 heavy (non-hydrogen) atoms. The molecule has 3 aliphatic carbocycles. The Hall–Kier alpha value is -3.19. The number of alkyl halides is 2. The molecule has 3 aromatic carbocycles. The van der Waals surface area contributed by atoms with Crippen molar-refractivity contribution in [2.75, 3.05) is 0 Å². The molecule has 6 nitrogen and oxygen atoms in total. The van der Waals surface area contributed by atoms with E-state index in [0.717, 1.165) is 4.90 Å². The van der Waals surface area contributed by atoms with Crippen LogP contribution in [0.1, 0.15) is 46.5 Å². The van der Waals surface area contributed by atoms with E-state index in [1.54, 1.807) is 12.1 Å². The van der Waals surface area contributed by atoms with Crippen molar-refractivity contribution in [3.05, 3.63) is 106 Å². The molecular weight excluding hydrogens is 561 g/mol. The minimum Gasteiger partial charge on any atom is -0.453 e. The fourth-order valence-corrected chi connectivity index (χ4v) is 7.57. The normalized spacial score (nSPS) is 27.9. The maximum atomic E-state index is 14.0. The largest absolute Gasteiger partial charge is 0.453 e. The van der Waals surface area contributed by atoms with E-state index in [4.69, 9.17) is 39.5 Å². The third-order valence-corrected chi connectivity index (χ3v) is 9.68. The van der Waals surface area contributed by atoms with Gasteiger partial charge in [-0.1, -0.05) is 60.1 Å². The molecule has 7 rings (SSSR count). The van der Waals surface area contributed by atoms with E-state index in [1.165, 1.54) is 26.0 Å². The predicted molar refractivity (Wildman–Crippen MR) is 146 cm³/mol. The van der Waals surface area contributed by atoms with Gasteiger partial charge in [-0.25, -0.2) is 4.79 Å². The first-order valence-corrected chi connectivity index (χ1v) is 13.6. The first-order valence-electron chi connectivity index (χ1n) is 12.5. The number of nitrogens with zero attached hydrogens (tertiary/aromatic N) is 1. The minimum atomic E-state index is -1.35. The molecule has 1 aliphatic heterocycles. The van der Waals surface area contributed by atoms with Crippen LogP contribution in [-0.4, -0.2) is 40.6 Å². The highest BCUT2D eigenvalue weighted by molar-refractivity contribution is 6.36. The summed E-state index contributed by atoms with van der Waals surface area (Å²) in [6, 6.07) is 19.5. The molecule has 2 bridgehead atoms. The number of ether oxygens (including phenoxy) is 1. The third kappa shape index (κ3) is 3.41. The molecule has 0 N–H and O–H groups in total. The lowest BCUT2D eigenvalue weighted by atomic mass is 9.54. The number of Topliss-reactive ketones (excluding diaryl/α,β-unsaturated/α-hetero) is 1. The molecule has 4 aliphatic rings. The van der Waals surface area contributed by atoms with Crippen molar-refractivity contribution in [2.45, 2.75) is 35.7 Å². The SMILES string of the molecule is C[C@H](OC(=O)[C@H](C)N1C(=O)[C@H]2[C@H](C1=O)C1(Cl)c3ccccc3C2(Cl)c2ccccc21)C(=O)c1ccc(Cl)cc1. The van der Waals surface area contributed by atoms with Crippen LogP contribution in [0.3, 0.4) is 0 Å². The van der Waals surface area contributed by atoms with Crippen molar-refractivity contribution in [1.29, 1.82) is 0 Å². The average molecular weight is 583 g/mol. The second-order valence-electron chi connectivity index (χ2n) is 10.1. The number of halogens is 3. The van der Waals surface area contributed by atoms with Crippen molar-refractivity contribution >= 4 is 58.4 Å². The van der Waals surface area contributed by atoms with Gasteiger partial charge in [-0.2, -0.15) is 0 Å². The number of imide groups is 1. The number of carbonyl (C=O) groups is 4. The Morgan fingerprint density at radius 3 is 1.59 bits per heavy atom. The van der Waals surface area contributed by atoms with Crippen LogP contribution >= 0.6 is 34.8 Å². The molecule has 0 saturated carbocycles. The number of benzene rings is 3. The molecular formula is C30H22Cl3NO5. The summed E-state index contributed by atoms with van der Waals surface area (Å²) in [6.45, 7) is 2.84. The molecule has 198 valence electrons. The molecule has 1 heterocycles. The van der Waals surface area contributed by atoms with Gasteiger partial charge < -0.3 is 4.74 Å². The Morgan fingerprint density at radius 1 is 0.769 bits per heavy atom. The number of carbonyl (C=O) groups excluding carboxylic acids is 4. The fraction of sp³-hybridized carbons (Fsp3) is 0.267. The Labute approximate surface area is 239 Å². The molecule has 1 fully saturated rings. The Morgan fingerprint density at radius 2 is 1.18 bits per heavy atom. The maximum absolute atomic E-state index is 14.0. The molecule has 0 aromatic heterocycles. The van der Waals surface area contributed by atoms with Gasteiger partial charge in [-0.15, -0.1) is 23.2 Å². The average Bonchev–Trinajstić information content (AvgIpc) is 3.22. The summed E-state index contributed by atoms with van der Waals surface area (Å²) in [5.41, 5.74) is 2.99. The van der Waals surface area contributed by atoms with E-state index in [9.17, 15) is 19.2 Å². The topological polar surface area (TPSA) is 80.8 Å². The standard InChI is InChI=1S/C30H22Cl3NO5/c1-15(28(38)39-16(2)25(35)17-11-13-18(31)14-12-17)34-26(36)23-24(27(34)37)30(33)20-8-4-3-7-19(20)29(23,32)21-9-5-6-10-22(21)30/h3-16,23-24H,1-2H3/t15-,16-,23+,24+,29?,30?/m0/s1. The van der Waals surface area contributed by atoms with Crippen molar-refractivity contribution in [2.24, 2.45) is 11.8 Å². The van der Waals surface area contributed by atoms with Crippen LogP contribution in [0.2, 0.25) is 5.02 Å². The van der Waals surface area contributed by atoms with Gasteiger partial charge in [-0.05, 0) is 60.4 Å². The van der Waals surface area contributed by atoms with E-state index >= 15 is 0 Å². The molecule has 2 amide bonds. The minimum absolute atomic E-state index is 0.312. The van der Waals surface area contributed by atoms with Gasteiger partial charge in [0.1, 0.15) is 15.8 Å². The smallest absolute Gasteiger partial charge is 0.329 e. The van der Waals surface area contributed by atoms with E-state index in [-0.39, 0.29) is 0 Å². The third-order valence-electron chi connectivity index (χ3n) is 8.14. The van der Waals surface area contributed by atoms with Crippen LogP contribution in [0.15, 0.2) is 72.8 Å². The molecule has 0 radical (unpaired) electrons. The second-order valence-corrected chi connectivity index (χ2v) is 11.8. The second kappa shape index (κ2) is 8.91. The van der Waals surface area contributed by atoms with Crippen LogP contribution in [0, 0.1) is 11.8 Å². The first-order chi connectivity index (χ1) is 18.5. The summed E-state index contributed by atoms with van der Waals surface area (Å²) in [7, 11) is 0. The van der Waals surface area contributed by atoms with Crippen LogP contribution < -0.4 is 0 Å².